The maximum Gasteiger partial charge on any atom is 0.143 e. The normalized spacial score (nSPS) is 16.3. The molecule has 1 aromatic carbocycles. The summed E-state index contributed by atoms with van der Waals surface area (Å²) in [4.78, 5) is 5.29. The fourth-order valence-electron chi connectivity index (χ4n) is 1.41. The van der Waals surface area contributed by atoms with Crippen molar-refractivity contribution in [3.63, 3.8) is 0 Å². The van der Waals surface area contributed by atoms with Crippen LogP contribution in [-0.2, 0) is 4.84 Å². The van der Waals surface area contributed by atoms with Crippen molar-refractivity contribution in [2.75, 3.05) is 23.9 Å². The third-order valence-corrected chi connectivity index (χ3v) is 2.38. The lowest BCUT2D eigenvalue weighted by molar-refractivity contribution is 0.168. The van der Waals surface area contributed by atoms with Crippen LogP contribution in [0.15, 0.2) is 12.1 Å². The molecule has 0 unspecified atom stereocenters. The Morgan fingerprint density at radius 3 is 2.93 bits per heavy atom. The molecule has 0 saturated carbocycles. The molecule has 0 radical (unpaired) electrons. The third kappa shape index (κ3) is 1.63. The highest BCUT2D eigenvalue weighted by molar-refractivity contribution is 6.31. The van der Waals surface area contributed by atoms with Gasteiger partial charge in [0, 0.05) is 12.6 Å². The van der Waals surface area contributed by atoms with Crippen molar-refractivity contribution >= 4 is 23.0 Å². The third-order valence-electron chi connectivity index (χ3n) is 2.09. The number of nitrogens with zero attached hydrogens (tertiary/aromatic N) is 1. The van der Waals surface area contributed by atoms with Gasteiger partial charge < -0.3 is 5.73 Å². The predicted octanol–water partition coefficient (Wildman–Crippen LogP) is 2.20. The molecule has 0 atom stereocenters. The maximum atomic E-state index is 13.0. The Morgan fingerprint density at radius 1 is 1.50 bits per heavy atom. The van der Waals surface area contributed by atoms with Gasteiger partial charge in [-0.05, 0) is 12.5 Å². The Hall–Kier alpha value is -1.00. The van der Waals surface area contributed by atoms with Gasteiger partial charge in [0.2, 0.25) is 0 Å². The highest BCUT2D eigenvalue weighted by Gasteiger charge is 2.17. The first-order valence-corrected chi connectivity index (χ1v) is 4.71. The van der Waals surface area contributed by atoms with Crippen molar-refractivity contribution in [3.05, 3.63) is 23.0 Å². The molecular formula is C9H10ClFN2O. The second kappa shape index (κ2) is 3.63. The number of nitrogen functional groups attached to an aromatic ring is 1. The standard InChI is InChI=1S/C9H10ClFN2O/c10-6-4-9(8(12)5-7(6)11)13-2-1-3-14-13/h4-5H,1-3,12H2. The van der Waals surface area contributed by atoms with Gasteiger partial charge in [0.15, 0.2) is 0 Å². The van der Waals surface area contributed by atoms with Gasteiger partial charge in [-0.2, -0.15) is 0 Å². The average molecular weight is 217 g/mol. The summed E-state index contributed by atoms with van der Waals surface area (Å²) in [6.45, 7) is 1.42. The van der Waals surface area contributed by atoms with Crippen LogP contribution in [0.25, 0.3) is 0 Å². The zero-order valence-electron chi connectivity index (χ0n) is 7.46. The molecule has 0 spiro atoms. The number of nitrogens with two attached hydrogens (primary N) is 1. The van der Waals surface area contributed by atoms with E-state index in [0.717, 1.165) is 13.0 Å². The highest BCUT2D eigenvalue weighted by Crippen LogP contribution is 2.31. The van der Waals surface area contributed by atoms with Gasteiger partial charge in [-0.3, -0.25) is 9.90 Å². The van der Waals surface area contributed by atoms with Gasteiger partial charge in [-0.1, -0.05) is 11.6 Å². The van der Waals surface area contributed by atoms with Crippen LogP contribution >= 0.6 is 11.6 Å². The quantitative estimate of drug-likeness (QED) is 0.732. The number of hydrogen-bond acceptors (Lipinski definition) is 3. The lowest BCUT2D eigenvalue weighted by Crippen LogP contribution is -2.17. The van der Waals surface area contributed by atoms with Gasteiger partial charge >= 0.3 is 0 Å². The van der Waals surface area contributed by atoms with Crippen LogP contribution in [0, 0.1) is 5.82 Å². The van der Waals surface area contributed by atoms with Crippen LogP contribution < -0.4 is 10.8 Å². The molecule has 14 heavy (non-hydrogen) atoms. The molecule has 1 heterocycles. The number of hydrogen-bond donors (Lipinski definition) is 1. The molecule has 1 aliphatic heterocycles. The largest absolute Gasteiger partial charge is 0.397 e. The van der Waals surface area contributed by atoms with E-state index >= 15 is 0 Å². The predicted molar refractivity (Wildman–Crippen MR) is 53.7 cm³/mol. The first-order chi connectivity index (χ1) is 6.68. The molecule has 1 saturated heterocycles. The van der Waals surface area contributed by atoms with E-state index in [0.29, 0.717) is 18.0 Å². The molecule has 1 aliphatic rings. The summed E-state index contributed by atoms with van der Waals surface area (Å²) >= 11 is 5.65. The molecule has 5 heteroatoms. The molecule has 76 valence electrons. The van der Waals surface area contributed by atoms with Gasteiger partial charge in [-0.15, -0.1) is 0 Å². The zero-order chi connectivity index (χ0) is 10.1. The fourth-order valence-corrected chi connectivity index (χ4v) is 1.56. The second-order valence-corrected chi connectivity index (χ2v) is 3.52. The van der Waals surface area contributed by atoms with Gasteiger partial charge in [-0.25, -0.2) is 4.39 Å². The summed E-state index contributed by atoms with van der Waals surface area (Å²) in [6, 6.07) is 2.69. The first-order valence-electron chi connectivity index (χ1n) is 4.33. The minimum absolute atomic E-state index is 0.0599. The van der Waals surface area contributed by atoms with Crippen molar-refractivity contribution in [1.29, 1.82) is 0 Å². The highest BCUT2D eigenvalue weighted by atomic mass is 35.5. The lowest BCUT2D eigenvalue weighted by Gasteiger charge is -2.18. The molecular weight excluding hydrogens is 207 g/mol. The molecule has 2 rings (SSSR count). The summed E-state index contributed by atoms with van der Waals surface area (Å²) in [7, 11) is 0. The van der Waals surface area contributed by atoms with Crippen LogP contribution in [0.5, 0.6) is 0 Å². The SMILES string of the molecule is Nc1cc(F)c(Cl)cc1N1CCCO1. The van der Waals surface area contributed by atoms with Gasteiger partial charge in [0.1, 0.15) is 5.82 Å². The first kappa shape index (κ1) is 9.55. The summed E-state index contributed by atoms with van der Waals surface area (Å²) in [5, 5.41) is 1.70. The van der Waals surface area contributed by atoms with Crippen LogP contribution in [0.4, 0.5) is 15.8 Å². The smallest absolute Gasteiger partial charge is 0.143 e. The Labute approximate surface area is 86.2 Å². The van der Waals surface area contributed by atoms with E-state index in [2.05, 4.69) is 0 Å². The van der Waals surface area contributed by atoms with Crippen LogP contribution in [0.1, 0.15) is 6.42 Å². The molecule has 0 bridgehead atoms. The minimum Gasteiger partial charge on any atom is -0.397 e. The van der Waals surface area contributed by atoms with E-state index < -0.39 is 5.82 Å². The Morgan fingerprint density at radius 2 is 2.29 bits per heavy atom. The minimum atomic E-state index is -0.507. The van der Waals surface area contributed by atoms with E-state index in [9.17, 15) is 4.39 Å². The van der Waals surface area contributed by atoms with Crippen LogP contribution in [0.2, 0.25) is 5.02 Å². The average Bonchev–Trinajstić information content (AvgIpc) is 2.64. The monoisotopic (exact) mass is 216 g/mol. The van der Waals surface area contributed by atoms with E-state index in [1.54, 1.807) is 5.06 Å². The Bertz CT molecular complexity index is 353. The van der Waals surface area contributed by atoms with E-state index in [1.165, 1.54) is 12.1 Å². The summed E-state index contributed by atoms with van der Waals surface area (Å²) < 4.78 is 13.0. The molecule has 2 N–H and O–H groups in total. The lowest BCUT2D eigenvalue weighted by atomic mass is 10.2. The number of hydroxylamine groups is 1. The van der Waals surface area contributed by atoms with Gasteiger partial charge in [0.05, 0.1) is 23.0 Å². The van der Waals surface area contributed by atoms with Crippen molar-refractivity contribution < 1.29 is 9.23 Å². The molecule has 1 aromatic rings. The summed E-state index contributed by atoms with van der Waals surface area (Å²) in [5.74, 6) is -0.507. The van der Waals surface area contributed by atoms with Crippen molar-refractivity contribution in [2.45, 2.75) is 6.42 Å². The van der Waals surface area contributed by atoms with Gasteiger partial charge in [0.25, 0.3) is 0 Å². The summed E-state index contributed by atoms with van der Waals surface area (Å²) in [6.07, 6.45) is 0.939. The number of benzene rings is 1. The van der Waals surface area contributed by atoms with E-state index in [-0.39, 0.29) is 5.02 Å². The van der Waals surface area contributed by atoms with E-state index in [1.807, 2.05) is 0 Å². The van der Waals surface area contributed by atoms with Crippen molar-refractivity contribution in [1.82, 2.24) is 0 Å². The molecule has 0 amide bonds. The fraction of sp³-hybridized carbons (Fsp3) is 0.333. The topological polar surface area (TPSA) is 38.5 Å². The molecule has 0 aromatic heterocycles. The van der Waals surface area contributed by atoms with Crippen LogP contribution in [-0.4, -0.2) is 13.2 Å². The number of rotatable bonds is 1. The molecule has 1 fully saturated rings. The Balaban J connectivity index is 2.37. The summed E-state index contributed by atoms with van der Waals surface area (Å²) in [5.41, 5.74) is 6.62. The number of anilines is 2. The number of halogens is 2. The second-order valence-electron chi connectivity index (χ2n) is 3.11. The molecule has 0 aliphatic carbocycles. The van der Waals surface area contributed by atoms with E-state index in [4.69, 9.17) is 22.2 Å². The van der Waals surface area contributed by atoms with Crippen molar-refractivity contribution in [2.24, 2.45) is 0 Å². The van der Waals surface area contributed by atoms with Crippen LogP contribution in [0.3, 0.4) is 0 Å². The van der Waals surface area contributed by atoms with Crippen molar-refractivity contribution in [3.8, 4) is 0 Å². The zero-order valence-corrected chi connectivity index (χ0v) is 8.22. The maximum absolute atomic E-state index is 13.0. The Kier molecular flexibility index (Phi) is 2.48. The molecule has 3 nitrogen and oxygen atoms in total.